The maximum Gasteiger partial charge on any atom is 0.416 e. The second-order valence-electron chi connectivity index (χ2n) is 6.02. The van der Waals surface area contributed by atoms with Crippen LogP contribution in [-0.2, 0) is 17.5 Å². The molecule has 7 heteroatoms. The molecule has 1 aliphatic carbocycles. The van der Waals surface area contributed by atoms with E-state index in [4.69, 9.17) is 5.73 Å². The molecule has 1 aromatic carbocycles. The molecular formula is C16H22ClF3N2O. The molecular weight excluding hydrogens is 329 g/mol. The molecule has 0 radical (unpaired) electrons. The Morgan fingerprint density at radius 2 is 2.04 bits per heavy atom. The van der Waals surface area contributed by atoms with Gasteiger partial charge in [0, 0.05) is 25.6 Å². The maximum absolute atomic E-state index is 12.7. The minimum Gasteiger partial charge on any atom is -0.341 e. The van der Waals surface area contributed by atoms with Gasteiger partial charge in [-0.2, -0.15) is 13.2 Å². The molecule has 2 atom stereocenters. The zero-order chi connectivity index (χ0) is 16.3. The quantitative estimate of drug-likeness (QED) is 0.905. The van der Waals surface area contributed by atoms with Crippen molar-refractivity contribution < 1.29 is 18.0 Å². The predicted octanol–water partition coefficient (Wildman–Crippen LogP) is 3.60. The first kappa shape index (κ1) is 19.8. The highest BCUT2D eigenvalue weighted by Crippen LogP contribution is 2.30. The summed E-state index contributed by atoms with van der Waals surface area (Å²) in [6, 6.07) is 5.14. The molecule has 1 saturated carbocycles. The van der Waals surface area contributed by atoms with E-state index in [0.29, 0.717) is 12.0 Å². The van der Waals surface area contributed by atoms with E-state index in [0.717, 1.165) is 31.4 Å². The molecule has 2 rings (SSSR count). The Kier molecular flexibility index (Phi) is 6.89. The second-order valence-corrected chi connectivity index (χ2v) is 6.02. The Bertz CT molecular complexity index is 536. The molecule has 2 unspecified atom stereocenters. The maximum atomic E-state index is 12.7. The number of hydrogen-bond acceptors (Lipinski definition) is 2. The number of hydrogen-bond donors (Lipinski definition) is 1. The lowest BCUT2D eigenvalue weighted by atomic mass is 9.85. The molecule has 130 valence electrons. The van der Waals surface area contributed by atoms with Crippen LogP contribution in [0.25, 0.3) is 0 Å². The van der Waals surface area contributed by atoms with Gasteiger partial charge in [0.25, 0.3) is 0 Å². The van der Waals surface area contributed by atoms with E-state index in [9.17, 15) is 18.0 Å². The molecule has 0 aliphatic heterocycles. The van der Waals surface area contributed by atoms with Gasteiger partial charge in [-0.25, -0.2) is 0 Å². The predicted molar refractivity (Wildman–Crippen MR) is 85.1 cm³/mol. The molecule has 0 bridgehead atoms. The number of benzene rings is 1. The van der Waals surface area contributed by atoms with Gasteiger partial charge in [0.05, 0.1) is 5.56 Å². The van der Waals surface area contributed by atoms with Gasteiger partial charge < -0.3 is 10.6 Å². The smallest absolute Gasteiger partial charge is 0.341 e. The number of amides is 1. The van der Waals surface area contributed by atoms with Crippen molar-refractivity contribution in [2.45, 2.75) is 44.4 Å². The largest absolute Gasteiger partial charge is 0.416 e. The monoisotopic (exact) mass is 350 g/mol. The molecule has 3 nitrogen and oxygen atoms in total. The summed E-state index contributed by atoms with van der Waals surface area (Å²) in [6.45, 7) is 0.175. The van der Waals surface area contributed by atoms with E-state index in [1.54, 1.807) is 13.1 Å². The van der Waals surface area contributed by atoms with Crippen molar-refractivity contribution in [1.82, 2.24) is 4.90 Å². The van der Waals surface area contributed by atoms with Gasteiger partial charge in [-0.1, -0.05) is 18.6 Å². The van der Waals surface area contributed by atoms with Gasteiger partial charge in [0.15, 0.2) is 0 Å². The molecule has 1 fully saturated rings. The van der Waals surface area contributed by atoms with Crippen molar-refractivity contribution >= 4 is 18.3 Å². The zero-order valence-electron chi connectivity index (χ0n) is 13.0. The van der Waals surface area contributed by atoms with Gasteiger partial charge in [-0.05, 0) is 37.0 Å². The molecule has 1 aromatic rings. The van der Waals surface area contributed by atoms with Crippen molar-refractivity contribution in [3.63, 3.8) is 0 Å². The van der Waals surface area contributed by atoms with Gasteiger partial charge >= 0.3 is 6.18 Å². The average molecular weight is 351 g/mol. The van der Waals surface area contributed by atoms with Gasteiger partial charge in [-0.15, -0.1) is 12.4 Å². The van der Waals surface area contributed by atoms with Crippen LogP contribution in [-0.4, -0.2) is 23.9 Å². The fourth-order valence-electron chi connectivity index (χ4n) is 2.96. The summed E-state index contributed by atoms with van der Waals surface area (Å²) in [7, 11) is 1.63. The summed E-state index contributed by atoms with van der Waals surface area (Å²) in [5, 5.41) is 0. The molecule has 2 N–H and O–H groups in total. The highest BCUT2D eigenvalue weighted by atomic mass is 35.5. The van der Waals surface area contributed by atoms with Crippen LogP contribution >= 0.6 is 12.4 Å². The van der Waals surface area contributed by atoms with Crippen LogP contribution in [0.15, 0.2) is 24.3 Å². The summed E-state index contributed by atoms with van der Waals surface area (Å²) in [6.07, 6.45) is -1.05. The number of carbonyl (C=O) groups excluding carboxylic acids is 1. The summed E-state index contributed by atoms with van der Waals surface area (Å²) in [5.41, 5.74) is 5.68. The van der Waals surface area contributed by atoms with Crippen molar-refractivity contribution in [2.75, 3.05) is 7.05 Å². The number of nitrogens with two attached hydrogens (primary N) is 1. The Morgan fingerprint density at radius 3 is 2.65 bits per heavy atom. The Morgan fingerprint density at radius 1 is 1.35 bits per heavy atom. The van der Waals surface area contributed by atoms with Gasteiger partial charge in [0.2, 0.25) is 5.91 Å². The lowest BCUT2D eigenvalue weighted by Crippen LogP contribution is -2.38. The third kappa shape index (κ3) is 5.39. The highest BCUT2D eigenvalue weighted by Gasteiger charge is 2.31. The van der Waals surface area contributed by atoms with Crippen LogP contribution in [0, 0.1) is 5.92 Å². The van der Waals surface area contributed by atoms with Crippen LogP contribution in [0.5, 0.6) is 0 Å². The van der Waals surface area contributed by atoms with E-state index in [1.165, 1.54) is 11.0 Å². The van der Waals surface area contributed by atoms with Crippen molar-refractivity contribution in [3.05, 3.63) is 35.4 Å². The van der Waals surface area contributed by atoms with Crippen molar-refractivity contribution in [3.8, 4) is 0 Å². The molecule has 0 saturated heterocycles. The standard InChI is InChI=1S/C16H21F3N2O.ClH/c1-21(15(22)12-5-3-7-14(20)9-12)10-11-4-2-6-13(8-11)16(17,18)19;/h2,4,6,8,12,14H,3,5,7,9-10,20H2,1H3;1H. The molecule has 0 heterocycles. The lowest BCUT2D eigenvalue weighted by molar-refractivity contribution is -0.137. The van der Waals surface area contributed by atoms with Crippen molar-refractivity contribution in [1.29, 1.82) is 0 Å². The molecule has 0 aromatic heterocycles. The SMILES string of the molecule is CN(Cc1cccc(C(F)(F)F)c1)C(=O)C1CCCC(N)C1.Cl. The molecule has 1 aliphatic rings. The normalized spacial score (nSPS) is 21.4. The van der Waals surface area contributed by atoms with Gasteiger partial charge in [-0.3, -0.25) is 4.79 Å². The lowest BCUT2D eigenvalue weighted by Gasteiger charge is -2.29. The van der Waals surface area contributed by atoms with Gasteiger partial charge in [0.1, 0.15) is 0 Å². The van der Waals surface area contributed by atoms with Crippen LogP contribution in [0.3, 0.4) is 0 Å². The van der Waals surface area contributed by atoms with Crippen LogP contribution in [0.1, 0.15) is 36.8 Å². The summed E-state index contributed by atoms with van der Waals surface area (Å²) >= 11 is 0. The number of carbonyl (C=O) groups is 1. The first-order valence-electron chi connectivity index (χ1n) is 7.44. The first-order valence-corrected chi connectivity index (χ1v) is 7.44. The summed E-state index contributed by atoms with van der Waals surface area (Å²) < 4.78 is 38.1. The van der Waals surface area contributed by atoms with Crippen molar-refractivity contribution in [2.24, 2.45) is 11.7 Å². The minimum absolute atomic E-state index is 0. The van der Waals surface area contributed by atoms with Crippen LogP contribution in [0.2, 0.25) is 0 Å². The molecule has 0 spiro atoms. The zero-order valence-corrected chi connectivity index (χ0v) is 13.8. The molecule has 1 amide bonds. The third-order valence-electron chi connectivity index (χ3n) is 4.11. The highest BCUT2D eigenvalue weighted by molar-refractivity contribution is 5.85. The fourth-order valence-corrected chi connectivity index (χ4v) is 2.96. The van der Waals surface area contributed by atoms with Crippen LogP contribution < -0.4 is 5.73 Å². The number of halogens is 4. The Balaban J connectivity index is 0.00000264. The van der Waals surface area contributed by atoms with E-state index in [1.807, 2.05) is 0 Å². The number of nitrogens with zero attached hydrogens (tertiary/aromatic N) is 1. The number of rotatable bonds is 3. The van der Waals surface area contributed by atoms with Crippen LogP contribution in [0.4, 0.5) is 13.2 Å². The molecule has 23 heavy (non-hydrogen) atoms. The number of alkyl halides is 3. The summed E-state index contributed by atoms with van der Waals surface area (Å²) in [5.74, 6) is -0.146. The average Bonchev–Trinajstić information content (AvgIpc) is 2.46. The topological polar surface area (TPSA) is 46.3 Å². The fraction of sp³-hybridized carbons (Fsp3) is 0.562. The van der Waals surface area contributed by atoms with E-state index >= 15 is 0 Å². The second kappa shape index (κ2) is 8.02. The van der Waals surface area contributed by atoms with E-state index < -0.39 is 11.7 Å². The Hall–Kier alpha value is -1.27. The Labute approximate surface area is 140 Å². The van der Waals surface area contributed by atoms with E-state index in [-0.39, 0.29) is 36.8 Å². The minimum atomic E-state index is -4.37. The third-order valence-corrected chi connectivity index (χ3v) is 4.11. The summed E-state index contributed by atoms with van der Waals surface area (Å²) in [4.78, 5) is 13.9. The van der Waals surface area contributed by atoms with E-state index in [2.05, 4.69) is 0 Å². The first-order chi connectivity index (χ1) is 10.3.